The third-order valence-corrected chi connectivity index (χ3v) is 6.74. The van der Waals surface area contributed by atoms with Gasteiger partial charge in [0.25, 0.3) is 0 Å². The van der Waals surface area contributed by atoms with Gasteiger partial charge in [0.1, 0.15) is 5.82 Å². The van der Waals surface area contributed by atoms with Crippen LogP contribution in [0.15, 0.2) is 24.3 Å². The Morgan fingerprint density at radius 3 is 2.45 bits per heavy atom. The minimum Gasteiger partial charge on any atom is -0.342 e. The number of amides is 2. The van der Waals surface area contributed by atoms with Crippen LogP contribution in [0.3, 0.4) is 0 Å². The summed E-state index contributed by atoms with van der Waals surface area (Å²) < 4.78 is 13.1. The summed E-state index contributed by atoms with van der Waals surface area (Å²) in [4.78, 5) is 29.6. The lowest BCUT2D eigenvalue weighted by Crippen LogP contribution is -2.52. The van der Waals surface area contributed by atoms with E-state index in [2.05, 4.69) is 5.32 Å². The summed E-state index contributed by atoms with van der Waals surface area (Å²) in [6.45, 7) is 1.20. The van der Waals surface area contributed by atoms with E-state index in [4.69, 9.17) is 0 Å². The molecule has 3 atom stereocenters. The van der Waals surface area contributed by atoms with Gasteiger partial charge in [0, 0.05) is 38.3 Å². The molecule has 160 valence electrons. The molecule has 0 saturated carbocycles. The van der Waals surface area contributed by atoms with Gasteiger partial charge in [-0.05, 0) is 56.2 Å². The first-order chi connectivity index (χ1) is 13.5. The topological polar surface area (TPSA) is 52.7 Å². The molecular weight excluding hydrogens is 393 g/mol. The maximum atomic E-state index is 13.1. The zero-order chi connectivity index (χ0) is 19.7. The predicted octanol–water partition coefficient (Wildman–Crippen LogP) is 2.77. The van der Waals surface area contributed by atoms with E-state index in [0.29, 0.717) is 31.2 Å². The number of hydrogen-bond acceptors (Lipinski definition) is 3. The van der Waals surface area contributed by atoms with Crippen LogP contribution in [0.25, 0.3) is 0 Å². The Labute approximate surface area is 178 Å². The highest BCUT2D eigenvalue weighted by Crippen LogP contribution is 2.30. The summed E-state index contributed by atoms with van der Waals surface area (Å²) in [5.74, 6) is -0.199. The quantitative estimate of drug-likeness (QED) is 0.810. The Morgan fingerprint density at radius 2 is 1.79 bits per heavy atom. The fourth-order valence-corrected chi connectivity index (χ4v) is 5.11. The lowest BCUT2D eigenvalue weighted by atomic mass is 9.93. The van der Waals surface area contributed by atoms with Crippen molar-refractivity contribution >= 4 is 24.2 Å². The Morgan fingerprint density at radius 1 is 1.14 bits per heavy atom. The van der Waals surface area contributed by atoms with Crippen molar-refractivity contribution in [2.75, 3.05) is 20.1 Å². The second kappa shape index (κ2) is 9.43. The minimum absolute atomic E-state index is 0. The summed E-state index contributed by atoms with van der Waals surface area (Å²) in [7, 11) is 1.94. The Kier molecular flexibility index (Phi) is 7.17. The molecule has 2 amide bonds. The molecule has 0 aromatic heterocycles. The number of carbonyl (C=O) groups excluding carboxylic acids is 2. The first-order valence-electron chi connectivity index (χ1n) is 10.5. The molecular formula is C22H31ClFN3O2. The number of halogens is 2. The van der Waals surface area contributed by atoms with E-state index in [0.717, 1.165) is 31.2 Å². The first-order valence-corrected chi connectivity index (χ1v) is 10.5. The minimum atomic E-state index is -0.297. The van der Waals surface area contributed by atoms with Gasteiger partial charge in [-0.15, -0.1) is 12.4 Å². The van der Waals surface area contributed by atoms with E-state index in [1.165, 1.54) is 25.0 Å². The van der Waals surface area contributed by atoms with Gasteiger partial charge in [0.15, 0.2) is 0 Å². The molecule has 4 rings (SSSR count). The van der Waals surface area contributed by atoms with Gasteiger partial charge in [0.2, 0.25) is 11.8 Å². The fourth-order valence-electron chi connectivity index (χ4n) is 5.11. The fraction of sp³-hybridized carbons (Fsp3) is 0.636. The molecule has 0 spiro atoms. The molecule has 3 unspecified atom stereocenters. The lowest BCUT2D eigenvalue weighted by molar-refractivity contribution is -0.141. The van der Waals surface area contributed by atoms with Crippen molar-refractivity contribution in [1.29, 1.82) is 0 Å². The molecule has 3 fully saturated rings. The van der Waals surface area contributed by atoms with Crippen molar-refractivity contribution < 1.29 is 14.0 Å². The molecule has 5 nitrogen and oxygen atoms in total. The summed E-state index contributed by atoms with van der Waals surface area (Å²) in [5, 5.41) is 3.63. The maximum Gasteiger partial charge on any atom is 0.227 e. The smallest absolute Gasteiger partial charge is 0.227 e. The molecule has 3 aliphatic heterocycles. The molecule has 3 heterocycles. The van der Waals surface area contributed by atoms with Crippen LogP contribution in [-0.2, 0) is 16.0 Å². The van der Waals surface area contributed by atoms with Gasteiger partial charge in [-0.1, -0.05) is 12.1 Å². The second-order valence-electron chi connectivity index (χ2n) is 8.69. The average Bonchev–Trinajstić information content (AvgIpc) is 3.06. The zero-order valence-electron chi connectivity index (χ0n) is 17.0. The normalized spacial score (nSPS) is 28.6. The van der Waals surface area contributed by atoms with Crippen LogP contribution < -0.4 is 5.32 Å². The molecule has 7 heteroatoms. The zero-order valence-corrected chi connectivity index (χ0v) is 17.8. The van der Waals surface area contributed by atoms with Crippen LogP contribution in [0.4, 0.5) is 4.39 Å². The lowest BCUT2D eigenvalue weighted by Gasteiger charge is -2.39. The standard InChI is InChI=1S/C22H30FN3O2.ClH/c1-25(20-12-18-8-9-19(13-20)24-18)22(28)16-3-2-10-26(14-16)21(27)11-15-4-6-17(23)7-5-15;/h4-7,16,18-20,24H,2-3,8-14H2,1H3;1H. The van der Waals surface area contributed by atoms with Gasteiger partial charge < -0.3 is 15.1 Å². The summed E-state index contributed by atoms with van der Waals surface area (Å²) in [6.07, 6.45) is 6.49. The SMILES string of the molecule is CN(C(=O)C1CCCN(C(=O)Cc2ccc(F)cc2)C1)C1CC2CCC(C1)N2.Cl. The molecule has 3 aliphatic rings. The Bertz CT molecular complexity index is 717. The van der Waals surface area contributed by atoms with E-state index < -0.39 is 0 Å². The molecule has 2 bridgehead atoms. The van der Waals surface area contributed by atoms with Crippen LogP contribution >= 0.6 is 12.4 Å². The number of nitrogens with one attached hydrogen (secondary N) is 1. The predicted molar refractivity (Wildman–Crippen MR) is 112 cm³/mol. The van der Waals surface area contributed by atoms with Gasteiger partial charge >= 0.3 is 0 Å². The number of likely N-dealkylation sites (tertiary alicyclic amines) is 1. The average molecular weight is 424 g/mol. The molecule has 1 aromatic carbocycles. The maximum absolute atomic E-state index is 13.1. The third-order valence-electron chi connectivity index (χ3n) is 6.74. The van der Waals surface area contributed by atoms with Crippen molar-refractivity contribution in [1.82, 2.24) is 15.1 Å². The molecule has 1 N–H and O–H groups in total. The van der Waals surface area contributed by atoms with E-state index >= 15 is 0 Å². The van der Waals surface area contributed by atoms with Gasteiger partial charge in [-0.25, -0.2) is 4.39 Å². The first kappa shape index (κ1) is 22.0. The molecule has 3 saturated heterocycles. The molecule has 1 aromatic rings. The van der Waals surface area contributed by atoms with Gasteiger partial charge in [-0.3, -0.25) is 9.59 Å². The Hall–Kier alpha value is -1.66. The molecule has 0 radical (unpaired) electrons. The monoisotopic (exact) mass is 423 g/mol. The number of rotatable bonds is 4. The number of benzene rings is 1. The highest BCUT2D eigenvalue weighted by Gasteiger charge is 2.38. The van der Waals surface area contributed by atoms with Crippen LogP contribution in [0, 0.1) is 11.7 Å². The van der Waals surface area contributed by atoms with E-state index in [-0.39, 0.29) is 42.4 Å². The van der Waals surface area contributed by atoms with Gasteiger partial charge in [0.05, 0.1) is 12.3 Å². The Balaban J connectivity index is 0.00000240. The van der Waals surface area contributed by atoms with Crippen molar-refractivity contribution in [3.63, 3.8) is 0 Å². The number of piperidine rings is 2. The highest BCUT2D eigenvalue weighted by atomic mass is 35.5. The number of nitrogens with zero attached hydrogens (tertiary/aromatic N) is 2. The van der Waals surface area contributed by atoms with Gasteiger partial charge in [-0.2, -0.15) is 0 Å². The number of hydrogen-bond donors (Lipinski definition) is 1. The summed E-state index contributed by atoms with van der Waals surface area (Å²) in [6, 6.07) is 7.49. The van der Waals surface area contributed by atoms with Crippen molar-refractivity contribution in [2.45, 2.75) is 63.1 Å². The largest absolute Gasteiger partial charge is 0.342 e. The van der Waals surface area contributed by atoms with E-state index in [1.54, 1.807) is 12.1 Å². The number of carbonyl (C=O) groups is 2. The number of fused-ring (bicyclic) bond motifs is 2. The van der Waals surface area contributed by atoms with Crippen LogP contribution in [0.5, 0.6) is 0 Å². The second-order valence-corrected chi connectivity index (χ2v) is 8.69. The highest BCUT2D eigenvalue weighted by molar-refractivity contribution is 5.85. The summed E-state index contributed by atoms with van der Waals surface area (Å²) in [5.41, 5.74) is 0.808. The van der Waals surface area contributed by atoms with Crippen molar-refractivity contribution in [3.05, 3.63) is 35.6 Å². The van der Waals surface area contributed by atoms with Crippen molar-refractivity contribution in [2.24, 2.45) is 5.92 Å². The van der Waals surface area contributed by atoms with E-state index in [1.807, 2.05) is 16.8 Å². The molecule has 29 heavy (non-hydrogen) atoms. The summed E-state index contributed by atoms with van der Waals surface area (Å²) >= 11 is 0. The molecule has 0 aliphatic carbocycles. The van der Waals surface area contributed by atoms with Crippen LogP contribution in [0.2, 0.25) is 0 Å². The van der Waals surface area contributed by atoms with E-state index in [9.17, 15) is 14.0 Å². The van der Waals surface area contributed by atoms with Crippen LogP contribution in [0.1, 0.15) is 44.1 Å². The van der Waals surface area contributed by atoms with Crippen LogP contribution in [-0.4, -0.2) is 59.9 Å². The third kappa shape index (κ3) is 5.10. The van der Waals surface area contributed by atoms with Crippen molar-refractivity contribution in [3.8, 4) is 0 Å².